The van der Waals surface area contributed by atoms with Crippen molar-refractivity contribution in [2.45, 2.75) is 132 Å². The van der Waals surface area contributed by atoms with Crippen molar-refractivity contribution in [1.29, 1.82) is 0 Å². The highest BCUT2D eigenvalue weighted by Gasteiger charge is 2.33. The van der Waals surface area contributed by atoms with Crippen molar-refractivity contribution < 1.29 is 48.1 Å². The van der Waals surface area contributed by atoms with Crippen molar-refractivity contribution in [3.63, 3.8) is 0 Å². The minimum absolute atomic E-state index is 0.0188. The number of esters is 1. The third kappa shape index (κ3) is 22.5. The number of hydrogen-bond acceptors (Lipinski definition) is 10. The summed E-state index contributed by atoms with van der Waals surface area (Å²) in [6.07, 6.45) is 6.58. The van der Waals surface area contributed by atoms with Crippen molar-refractivity contribution in [2.24, 2.45) is 17.8 Å². The Morgan fingerprint density at radius 1 is 0.857 bits per heavy atom. The molecule has 0 radical (unpaired) electrons. The van der Waals surface area contributed by atoms with E-state index in [4.69, 9.17) is 9.47 Å². The predicted octanol–water partition coefficient (Wildman–Crippen LogP) is 5.86. The number of hydrogen-bond donors (Lipinski definition) is 3. The summed E-state index contributed by atoms with van der Waals surface area (Å²) in [5, 5.41) is 14.6. The second kappa shape index (κ2) is 30.4. The fourth-order valence-electron chi connectivity index (χ4n) is 6.03. The largest absolute Gasteiger partial charge is 0.480 e. The second-order valence-corrected chi connectivity index (χ2v) is 17.6. The maximum Gasteiger partial charge on any atom is 0.334 e. The molecule has 1 rings (SSSR count). The van der Waals surface area contributed by atoms with Crippen molar-refractivity contribution in [3.8, 4) is 0 Å². The van der Waals surface area contributed by atoms with Crippen LogP contribution in [0.5, 0.6) is 0 Å². The van der Waals surface area contributed by atoms with Crippen molar-refractivity contribution >= 4 is 53.2 Å². The van der Waals surface area contributed by atoms with Gasteiger partial charge in [0.05, 0.1) is 25.1 Å². The van der Waals surface area contributed by atoms with E-state index in [1.54, 1.807) is 31.7 Å². The molecular weight excluding hydrogens is 827 g/mol. The molecule has 0 aliphatic rings. The number of rotatable bonds is 25. The summed E-state index contributed by atoms with van der Waals surface area (Å²) in [5.74, 6) is -4.50. The van der Waals surface area contributed by atoms with Gasteiger partial charge in [0.15, 0.2) is 6.10 Å². The molecule has 356 valence electrons. The van der Waals surface area contributed by atoms with Gasteiger partial charge in [-0.3, -0.25) is 24.0 Å². The Kier molecular flexibility index (Phi) is 28.1. The fourth-order valence-corrected chi connectivity index (χ4v) is 6.34. The molecule has 5 amide bonds. The highest BCUT2D eigenvalue weighted by Crippen LogP contribution is 2.22. The van der Waals surface area contributed by atoms with Gasteiger partial charge >= 0.3 is 11.9 Å². The van der Waals surface area contributed by atoms with E-state index in [9.17, 15) is 38.7 Å². The molecule has 0 saturated carbocycles. The predicted molar refractivity (Wildman–Crippen MR) is 249 cm³/mol. The highest BCUT2D eigenvalue weighted by molar-refractivity contribution is 7.98. The van der Waals surface area contributed by atoms with Crippen LogP contribution >= 0.6 is 11.8 Å². The van der Waals surface area contributed by atoms with E-state index in [1.807, 2.05) is 52.1 Å². The van der Waals surface area contributed by atoms with Crippen molar-refractivity contribution in [2.75, 3.05) is 46.4 Å². The van der Waals surface area contributed by atoms with Gasteiger partial charge in [-0.05, 0) is 84.8 Å². The third-order valence-corrected chi connectivity index (χ3v) is 11.1. The number of thioether (sulfide) groups is 1. The molecule has 0 aromatic heterocycles. The number of allylic oxidation sites excluding steroid dienone is 2. The van der Waals surface area contributed by atoms with Gasteiger partial charge in [0.1, 0.15) is 18.1 Å². The lowest BCUT2D eigenvalue weighted by Gasteiger charge is -2.31. The van der Waals surface area contributed by atoms with E-state index in [0.717, 1.165) is 21.1 Å². The Hall–Kier alpha value is -4.70. The van der Waals surface area contributed by atoms with Crippen LogP contribution in [0.15, 0.2) is 53.6 Å². The average Bonchev–Trinajstić information content (AvgIpc) is 3.23. The van der Waals surface area contributed by atoms with Crippen LogP contribution < -0.4 is 10.6 Å². The van der Waals surface area contributed by atoms with Crippen molar-refractivity contribution in [1.82, 2.24) is 25.3 Å². The van der Waals surface area contributed by atoms with E-state index >= 15 is 0 Å². The third-order valence-electron chi connectivity index (χ3n) is 10.7. The van der Waals surface area contributed by atoms with Crippen LogP contribution in [0.3, 0.4) is 0 Å². The Morgan fingerprint density at radius 2 is 1.46 bits per heavy atom. The number of aliphatic carboxylic acids is 1. The van der Waals surface area contributed by atoms with E-state index in [0.29, 0.717) is 24.4 Å². The molecule has 0 spiro atoms. The zero-order valence-corrected chi connectivity index (χ0v) is 41.3. The number of nitrogens with zero attached hydrogens (tertiary/aromatic N) is 3. The lowest BCUT2D eigenvalue weighted by molar-refractivity contribution is -0.154. The first-order valence-corrected chi connectivity index (χ1v) is 23.0. The normalized spacial score (nSPS) is 14.9. The van der Waals surface area contributed by atoms with E-state index in [2.05, 4.69) is 49.6 Å². The van der Waals surface area contributed by atoms with E-state index < -0.39 is 78.8 Å². The van der Waals surface area contributed by atoms with Gasteiger partial charge in [0, 0.05) is 26.7 Å². The molecule has 1 aromatic rings. The van der Waals surface area contributed by atoms with Gasteiger partial charge < -0.3 is 39.9 Å². The monoisotopic (exact) mass is 904 g/mol. The topological polar surface area (TPSA) is 192 Å². The summed E-state index contributed by atoms with van der Waals surface area (Å²) in [6.45, 7) is 19.2. The maximum atomic E-state index is 13.4. The van der Waals surface area contributed by atoms with Gasteiger partial charge in [-0.15, -0.1) is 11.8 Å². The summed E-state index contributed by atoms with van der Waals surface area (Å²) < 4.78 is 11.7. The average molecular weight is 904 g/mol. The minimum atomic E-state index is -1.19. The quantitative estimate of drug-likeness (QED) is 0.0461. The molecule has 5 unspecified atom stereocenters. The van der Waals surface area contributed by atoms with Crippen LogP contribution in [0.1, 0.15) is 100 Å². The molecule has 63 heavy (non-hydrogen) atoms. The molecule has 0 bridgehead atoms. The van der Waals surface area contributed by atoms with Crippen LogP contribution in [0.25, 0.3) is 0 Å². The number of aryl methyl sites for hydroxylation is 1. The number of nitrogens with one attached hydrogen (secondary N) is 2. The molecule has 3 N–H and O–H groups in total. The Balaban J connectivity index is 0.00000495. The van der Waals surface area contributed by atoms with Crippen LogP contribution in [0.4, 0.5) is 0 Å². The molecule has 16 heteroatoms. The first-order valence-electron chi connectivity index (χ1n) is 21.6. The Morgan fingerprint density at radius 3 is 1.95 bits per heavy atom. The Labute approximate surface area is 381 Å². The molecular formula is C47H77N5O10S. The summed E-state index contributed by atoms with van der Waals surface area (Å²) in [5.41, 5.74) is 2.90. The van der Waals surface area contributed by atoms with Crippen LogP contribution in [0, 0.1) is 24.7 Å². The molecule has 0 aliphatic heterocycles. The SMILES string of the molecule is C/C=C(\C)C[C@H](C)C(C/C=C(\C)C(=O)O[C@H](CC(C)C)C(=O)NC(C)C(=O)N(C)CC(=O)N(C)CC(=O)NC(C(=O)N(C)C(C)C(=O)O)C(C)CC)OCSC.Cc1ccccc1. The van der Waals surface area contributed by atoms with Gasteiger partial charge in [0.25, 0.3) is 5.91 Å². The molecule has 0 fully saturated rings. The maximum absolute atomic E-state index is 13.4. The zero-order chi connectivity index (χ0) is 48.6. The van der Waals surface area contributed by atoms with Gasteiger partial charge in [-0.25, -0.2) is 9.59 Å². The smallest absolute Gasteiger partial charge is 0.334 e. The number of carbonyl (C=O) groups is 7. The summed E-state index contributed by atoms with van der Waals surface area (Å²) in [7, 11) is 4.10. The van der Waals surface area contributed by atoms with Crippen LogP contribution in [-0.4, -0.2) is 138 Å². The molecule has 0 aliphatic carbocycles. The van der Waals surface area contributed by atoms with Gasteiger partial charge in [-0.1, -0.05) is 94.7 Å². The molecule has 7 atom stereocenters. The first kappa shape index (κ1) is 58.3. The van der Waals surface area contributed by atoms with Gasteiger partial charge in [0.2, 0.25) is 23.6 Å². The van der Waals surface area contributed by atoms with Gasteiger partial charge in [-0.2, -0.15) is 0 Å². The lowest BCUT2D eigenvalue weighted by Crippen LogP contribution is -2.55. The fraction of sp³-hybridized carbons (Fsp3) is 0.638. The number of carbonyl (C=O) groups excluding carboxylic acids is 6. The molecule has 0 saturated heterocycles. The zero-order valence-electron chi connectivity index (χ0n) is 40.5. The van der Waals surface area contributed by atoms with E-state index in [-0.39, 0.29) is 30.3 Å². The lowest BCUT2D eigenvalue weighted by atomic mass is 9.93. The molecule has 0 heterocycles. The summed E-state index contributed by atoms with van der Waals surface area (Å²) in [4.78, 5) is 93.5. The number of likely N-dealkylation sites (N-methyl/N-ethyl adjacent to an activating group) is 3. The van der Waals surface area contributed by atoms with Crippen molar-refractivity contribution in [3.05, 3.63) is 59.2 Å². The minimum Gasteiger partial charge on any atom is -0.480 e. The summed E-state index contributed by atoms with van der Waals surface area (Å²) in [6, 6.07) is 7.05. The number of benzene rings is 1. The second-order valence-electron chi connectivity index (χ2n) is 16.8. The number of amides is 5. The Bertz CT molecular complexity index is 1690. The van der Waals surface area contributed by atoms with Crippen LogP contribution in [-0.2, 0) is 43.0 Å². The number of carboxylic acids is 1. The standard InChI is InChI=1S/C40H69N5O10S.C7H8/c1-15-25(5)20-28(8)31(54-23-56-14)18-17-27(7)40(53)55-32(19-24(3)4)36(48)41-29(9)37(49)44(12)22-34(47)43(11)21-33(46)42-35(26(6)16-2)38(50)45(13)30(10)39(51)52;1-7-5-3-2-4-6-7/h15,17,24,26,28-32,35H,16,18-23H2,1-14H3,(H,41,48)(H,42,46)(H,51,52);2-6H,1H3/b25-15+,27-17+;/t26?,28-,29?,30?,31?,32+,35?;/m0./s1. The van der Waals surface area contributed by atoms with Crippen LogP contribution in [0.2, 0.25) is 0 Å². The highest BCUT2D eigenvalue weighted by atomic mass is 32.2. The number of ether oxygens (including phenoxy) is 2. The number of carboxylic acid groups (broad SMARTS) is 1. The first-order chi connectivity index (χ1) is 29.4. The summed E-state index contributed by atoms with van der Waals surface area (Å²) >= 11 is 1.57. The molecule has 1 aromatic carbocycles. The van der Waals surface area contributed by atoms with E-state index in [1.165, 1.54) is 46.1 Å². The molecule has 15 nitrogen and oxygen atoms in total.